The van der Waals surface area contributed by atoms with Gasteiger partial charge in [-0.15, -0.1) is 0 Å². The second kappa shape index (κ2) is 9.00. The molecule has 152 valence electrons. The molecule has 2 aromatic carbocycles. The lowest BCUT2D eigenvalue weighted by Gasteiger charge is -2.14. The van der Waals surface area contributed by atoms with Crippen LogP contribution in [0.4, 0.5) is 4.79 Å². The van der Waals surface area contributed by atoms with Crippen LogP contribution >= 0.6 is 11.8 Å². The number of ether oxygens (including phenoxy) is 1. The Balaban J connectivity index is 1.33. The Morgan fingerprint density at radius 2 is 1.83 bits per heavy atom. The number of aromatic nitrogens is 2. The van der Waals surface area contributed by atoms with Crippen LogP contribution in [-0.4, -0.2) is 35.5 Å². The van der Waals surface area contributed by atoms with Crippen LogP contribution in [0.3, 0.4) is 0 Å². The van der Waals surface area contributed by atoms with Crippen LogP contribution in [0.2, 0.25) is 0 Å². The summed E-state index contributed by atoms with van der Waals surface area (Å²) in [5.74, 6) is 0.0262. The molecule has 30 heavy (non-hydrogen) atoms. The molecule has 1 amide bonds. The molecule has 6 nitrogen and oxygen atoms in total. The monoisotopic (exact) mass is 419 g/mol. The fourth-order valence-corrected chi connectivity index (χ4v) is 3.94. The summed E-state index contributed by atoms with van der Waals surface area (Å²) in [5, 5.41) is 3.25. The first-order valence-electron chi connectivity index (χ1n) is 9.56. The number of rotatable bonds is 6. The van der Waals surface area contributed by atoms with Gasteiger partial charge in [0.2, 0.25) is 0 Å². The number of hydrogen-bond donors (Lipinski definition) is 2. The fraction of sp³-hybridized carbons (Fsp3) is 0.174. The topological polar surface area (TPSA) is 84.1 Å². The molecular formula is C23H21N3O3S. The number of carbonyl (C=O) groups excluding carboxylic acids is 1. The Labute approximate surface area is 178 Å². The van der Waals surface area contributed by atoms with Crippen molar-refractivity contribution in [2.45, 2.75) is 11.1 Å². The molecule has 1 aromatic heterocycles. The first-order valence-corrected chi connectivity index (χ1v) is 10.8. The van der Waals surface area contributed by atoms with E-state index in [0.717, 1.165) is 0 Å². The molecule has 2 N–H and O–H groups in total. The highest BCUT2D eigenvalue weighted by Gasteiger charge is 2.28. The van der Waals surface area contributed by atoms with Gasteiger partial charge in [0, 0.05) is 18.7 Å². The van der Waals surface area contributed by atoms with Crippen LogP contribution in [0.25, 0.3) is 17.2 Å². The molecule has 0 aliphatic heterocycles. The minimum Gasteiger partial charge on any atom is -0.449 e. The summed E-state index contributed by atoms with van der Waals surface area (Å²) in [6.45, 7) is 0.518. The Bertz CT molecular complexity index is 1110. The average molecular weight is 420 g/mol. The van der Waals surface area contributed by atoms with E-state index in [0.29, 0.717) is 10.7 Å². The van der Waals surface area contributed by atoms with Crippen molar-refractivity contribution in [2.24, 2.45) is 0 Å². The molecule has 7 heteroatoms. The van der Waals surface area contributed by atoms with Crippen molar-refractivity contribution in [1.29, 1.82) is 0 Å². The third-order valence-corrected chi connectivity index (χ3v) is 5.60. The Morgan fingerprint density at radius 1 is 1.17 bits per heavy atom. The Kier molecular flexibility index (Phi) is 5.99. The maximum absolute atomic E-state index is 12.1. The van der Waals surface area contributed by atoms with Gasteiger partial charge in [0.05, 0.1) is 5.56 Å². The Hall–Kier alpha value is -3.32. The fourth-order valence-electron chi connectivity index (χ4n) is 3.59. The lowest BCUT2D eigenvalue weighted by atomic mass is 9.98. The molecule has 1 aliphatic carbocycles. The number of amides is 1. The van der Waals surface area contributed by atoms with Gasteiger partial charge in [-0.1, -0.05) is 72.4 Å². The number of nitrogens with one attached hydrogen (secondary N) is 2. The lowest BCUT2D eigenvalue weighted by molar-refractivity contribution is 0.144. The highest BCUT2D eigenvalue weighted by atomic mass is 32.2. The summed E-state index contributed by atoms with van der Waals surface area (Å²) in [4.78, 5) is 30.8. The van der Waals surface area contributed by atoms with Crippen molar-refractivity contribution in [2.75, 3.05) is 19.4 Å². The third-order valence-electron chi connectivity index (χ3n) is 5.00. The summed E-state index contributed by atoms with van der Waals surface area (Å²) in [7, 11) is 0. The van der Waals surface area contributed by atoms with E-state index in [1.807, 2.05) is 30.5 Å². The standard InChI is InChI=1S/C23H21N3O3S/c1-30-22-25-13-15(21(27)26-22)7-6-12-24-23(28)29-14-20-18-10-4-2-8-16(18)17-9-3-5-11-19(17)20/h2-11,13,20H,12,14H2,1H3,(H,24,28)(H,25,26,27). The first-order chi connectivity index (χ1) is 14.7. The summed E-state index contributed by atoms with van der Waals surface area (Å²) in [6.07, 6.45) is 6.17. The quantitative estimate of drug-likeness (QED) is 0.465. The number of benzene rings is 2. The number of nitrogens with zero attached hydrogens (tertiary/aromatic N) is 1. The number of aromatic amines is 1. The van der Waals surface area contributed by atoms with E-state index in [9.17, 15) is 9.59 Å². The van der Waals surface area contributed by atoms with Crippen molar-refractivity contribution in [1.82, 2.24) is 15.3 Å². The van der Waals surface area contributed by atoms with Crippen molar-refractivity contribution in [3.05, 3.63) is 87.8 Å². The van der Waals surface area contributed by atoms with Crippen LogP contribution in [0.5, 0.6) is 0 Å². The van der Waals surface area contributed by atoms with Crippen molar-refractivity contribution >= 4 is 23.9 Å². The van der Waals surface area contributed by atoms with E-state index in [1.165, 1.54) is 40.2 Å². The highest BCUT2D eigenvalue weighted by molar-refractivity contribution is 7.98. The van der Waals surface area contributed by atoms with Gasteiger partial charge in [-0.2, -0.15) is 0 Å². The number of H-pyrrole nitrogens is 1. The molecule has 0 saturated heterocycles. The molecule has 0 saturated carbocycles. The minimum absolute atomic E-state index is 0.0262. The smallest absolute Gasteiger partial charge is 0.407 e. The van der Waals surface area contributed by atoms with Crippen LogP contribution in [0.1, 0.15) is 22.6 Å². The minimum atomic E-state index is -0.494. The molecule has 0 unspecified atom stereocenters. The third kappa shape index (κ3) is 4.16. The van der Waals surface area contributed by atoms with Crippen molar-refractivity contribution < 1.29 is 9.53 Å². The molecule has 0 spiro atoms. The molecule has 0 radical (unpaired) electrons. The average Bonchev–Trinajstić information content (AvgIpc) is 3.10. The SMILES string of the molecule is CSc1ncc(C=CCNC(=O)OCC2c3ccccc3-c3ccccc32)c(=O)[nH]1. The van der Waals surface area contributed by atoms with Gasteiger partial charge in [-0.05, 0) is 28.5 Å². The van der Waals surface area contributed by atoms with Crippen molar-refractivity contribution in [3.63, 3.8) is 0 Å². The van der Waals surface area contributed by atoms with E-state index < -0.39 is 6.09 Å². The van der Waals surface area contributed by atoms with Gasteiger partial charge < -0.3 is 15.0 Å². The van der Waals surface area contributed by atoms with Gasteiger partial charge in [0.1, 0.15) is 6.61 Å². The van der Waals surface area contributed by atoms with E-state index >= 15 is 0 Å². The molecule has 0 atom stereocenters. The lowest BCUT2D eigenvalue weighted by Crippen LogP contribution is -2.26. The molecule has 3 aromatic rings. The van der Waals surface area contributed by atoms with Gasteiger partial charge in [-0.3, -0.25) is 4.79 Å². The highest BCUT2D eigenvalue weighted by Crippen LogP contribution is 2.44. The molecule has 1 aliphatic rings. The van der Waals surface area contributed by atoms with Crippen molar-refractivity contribution in [3.8, 4) is 11.1 Å². The zero-order valence-electron chi connectivity index (χ0n) is 16.4. The molecule has 0 bridgehead atoms. The maximum Gasteiger partial charge on any atom is 0.407 e. The van der Waals surface area contributed by atoms with E-state index in [4.69, 9.17) is 4.74 Å². The second-order valence-corrected chi connectivity index (χ2v) is 7.58. The van der Waals surface area contributed by atoms with Gasteiger partial charge in [0.15, 0.2) is 5.16 Å². The number of alkyl carbamates (subject to hydrolysis) is 1. The number of thioether (sulfide) groups is 1. The van der Waals surface area contributed by atoms with E-state index in [1.54, 1.807) is 12.2 Å². The predicted molar refractivity (Wildman–Crippen MR) is 119 cm³/mol. The molecular weight excluding hydrogens is 398 g/mol. The summed E-state index contributed by atoms with van der Waals surface area (Å²) < 4.78 is 5.48. The largest absolute Gasteiger partial charge is 0.449 e. The van der Waals surface area contributed by atoms with Crippen LogP contribution < -0.4 is 10.9 Å². The van der Waals surface area contributed by atoms with Crippen LogP contribution in [0, 0.1) is 0 Å². The molecule has 1 heterocycles. The van der Waals surface area contributed by atoms with Gasteiger partial charge >= 0.3 is 6.09 Å². The number of hydrogen-bond acceptors (Lipinski definition) is 5. The first kappa shape index (κ1) is 20.0. The van der Waals surface area contributed by atoms with Crippen LogP contribution in [-0.2, 0) is 4.74 Å². The van der Waals surface area contributed by atoms with E-state index in [2.05, 4.69) is 39.6 Å². The normalized spacial score (nSPS) is 12.6. The van der Waals surface area contributed by atoms with Gasteiger partial charge in [0.25, 0.3) is 5.56 Å². The zero-order valence-corrected chi connectivity index (χ0v) is 17.2. The Morgan fingerprint density at radius 3 is 2.47 bits per heavy atom. The summed E-state index contributed by atoms with van der Waals surface area (Å²) in [5.41, 5.74) is 4.94. The maximum atomic E-state index is 12.1. The molecule has 0 fully saturated rings. The van der Waals surface area contributed by atoms with Gasteiger partial charge in [-0.25, -0.2) is 9.78 Å². The zero-order chi connectivity index (χ0) is 20.9. The predicted octanol–water partition coefficient (Wildman–Crippen LogP) is 4.04. The van der Waals surface area contributed by atoms with Crippen LogP contribution in [0.15, 0.2) is 70.8 Å². The number of carbonyl (C=O) groups is 1. The second-order valence-electron chi connectivity index (χ2n) is 6.79. The summed E-state index contributed by atoms with van der Waals surface area (Å²) >= 11 is 1.37. The van der Waals surface area contributed by atoms with E-state index in [-0.39, 0.29) is 24.6 Å². The summed E-state index contributed by atoms with van der Waals surface area (Å²) in [6, 6.07) is 16.4. The number of fused-ring (bicyclic) bond motifs is 3. The molecule has 4 rings (SSSR count).